The average Bonchev–Trinajstić information content (AvgIpc) is 3.91. The summed E-state index contributed by atoms with van der Waals surface area (Å²) in [6, 6.07) is 25.4. The second kappa shape index (κ2) is 13.8. The van der Waals surface area contributed by atoms with Gasteiger partial charge in [0.2, 0.25) is 11.8 Å². The van der Waals surface area contributed by atoms with E-state index in [1.54, 1.807) is 46.3 Å². The number of nitrogens with one attached hydrogen (secondary N) is 1. The molecule has 2 aromatic heterocycles. The number of amides is 4. The predicted octanol–water partition coefficient (Wildman–Crippen LogP) is 5.19. The summed E-state index contributed by atoms with van der Waals surface area (Å²) >= 11 is 1.33. The maximum Gasteiger partial charge on any atom is 0.261 e. The van der Waals surface area contributed by atoms with Crippen molar-refractivity contribution < 1.29 is 23.9 Å². The van der Waals surface area contributed by atoms with Gasteiger partial charge in [-0.25, -0.2) is 4.98 Å². The van der Waals surface area contributed by atoms with E-state index in [1.165, 1.54) is 16.2 Å². The first-order chi connectivity index (χ1) is 25.4. The topological polar surface area (TPSA) is 140 Å². The van der Waals surface area contributed by atoms with Crippen molar-refractivity contribution in [3.63, 3.8) is 0 Å². The minimum Gasteiger partial charge on any atom is -0.496 e. The molecule has 4 heterocycles. The summed E-state index contributed by atoms with van der Waals surface area (Å²) in [5, 5.41) is 16.0. The summed E-state index contributed by atoms with van der Waals surface area (Å²) in [6.07, 6.45) is 2.59. The second-order valence-corrected chi connectivity index (χ2v) is 13.6. The van der Waals surface area contributed by atoms with Gasteiger partial charge in [-0.1, -0.05) is 65.9 Å². The number of aromatic nitrogens is 4. The number of fused-ring (bicyclic) bond motifs is 3. The van der Waals surface area contributed by atoms with E-state index in [0.717, 1.165) is 33.2 Å². The molecule has 0 fully saturated rings. The molecule has 12 nitrogen and oxygen atoms in total. The molecule has 52 heavy (non-hydrogen) atoms. The molecular weight excluding hydrogens is 679 g/mol. The zero-order chi connectivity index (χ0) is 35.8. The minimum atomic E-state index is -0.813. The number of methoxy groups -OCH3 is 1. The summed E-state index contributed by atoms with van der Waals surface area (Å²) in [5.41, 5.74) is 4.74. The molecule has 0 saturated heterocycles. The third-order valence-electron chi connectivity index (χ3n) is 9.54. The Bertz CT molecular complexity index is 2330. The number of aryl methyl sites for hydroxylation is 1. The van der Waals surface area contributed by atoms with Crippen LogP contribution in [0.2, 0.25) is 0 Å². The fourth-order valence-corrected chi connectivity index (χ4v) is 7.71. The maximum absolute atomic E-state index is 13.9. The molecule has 1 N–H and O–H groups in total. The number of nitrogens with zero attached hydrogens (tertiary/aromatic N) is 6. The van der Waals surface area contributed by atoms with Crippen LogP contribution in [0.1, 0.15) is 55.0 Å². The Morgan fingerprint density at radius 3 is 2.42 bits per heavy atom. The Morgan fingerprint density at radius 2 is 1.63 bits per heavy atom. The third kappa shape index (κ3) is 6.08. The molecule has 13 heteroatoms. The highest BCUT2D eigenvalue weighted by atomic mass is 32.1. The molecule has 4 amide bonds. The van der Waals surface area contributed by atoms with Crippen LogP contribution >= 0.6 is 11.3 Å². The first-order valence-corrected chi connectivity index (χ1v) is 17.8. The molecule has 0 spiro atoms. The maximum atomic E-state index is 13.9. The molecule has 2 aliphatic heterocycles. The molecule has 0 bridgehead atoms. The minimum absolute atomic E-state index is 0.0407. The van der Waals surface area contributed by atoms with Crippen molar-refractivity contribution in [2.24, 2.45) is 0 Å². The van der Waals surface area contributed by atoms with Gasteiger partial charge in [0.05, 0.1) is 49.8 Å². The molecule has 0 aliphatic carbocycles. The van der Waals surface area contributed by atoms with Crippen molar-refractivity contribution in [2.75, 3.05) is 13.7 Å². The normalized spacial score (nSPS) is 15.1. The van der Waals surface area contributed by atoms with Gasteiger partial charge in [0.15, 0.2) is 0 Å². The van der Waals surface area contributed by atoms with Crippen LogP contribution in [-0.4, -0.2) is 67.1 Å². The Morgan fingerprint density at radius 1 is 0.904 bits per heavy atom. The van der Waals surface area contributed by atoms with E-state index in [2.05, 4.69) is 20.6 Å². The lowest BCUT2D eigenvalue weighted by atomic mass is 9.91. The van der Waals surface area contributed by atoms with Crippen molar-refractivity contribution in [1.82, 2.24) is 35.1 Å². The first-order valence-electron chi connectivity index (χ1n) is 16.9. The molecule has 0 radical (unpaired) electrons. The van der Waals surface area contributed by atoms with Gasteiger partial charge in [0.25, 0.3) is 11.8 Å². The highest BCUT2D eigenvalue weighted by Gasteiger charge is 2.37. The van der Waals surface area contributed by atoms with Gasteiger partial charge in [-0.2, -0.15) is 0 Å². The smallest absolute Gasteiger partial charge is 0.261 e. The SMILES string of the molecule is COc1ccc(-c2cn(CCC(=O)N3CCc4ccccc4C3C(=O)NCc3nc(CN4C(=O)c5ccccc5C4=O)cs3)nn2)c2ccccc12. The summed E-state index contributed by atoms with van der Waals surface area (Å²) < 4.78 is 7.19. The number of rotatable bonds is 10. The van der Waals surface area contributed by atoms with E-state index in [9.17, 15) is 19.2 Å². The monoisotopic (exact) mass is 711 g/mol. The number of ether oxygens (including phenoxy) is 1. The van der Waals surface area contributed by atoms with E-state index in [-0.39, 0.29) is 43.1 Å². The van der Waals surface area contributed by atoms with Crippen LogP contribution in [0, 0.1) is 0 Å². The van der Waals surface area contributed by atoms with E-state index >= 15 is 0 Å². The molecule has 4 aromatic carbocycles. The lowest BCUT2D eigenvalue weighted by Gasteiger charge is -2.36. The number of carbonyl (C=O) groups excluding carboxylic acids is 4. The van der Waals surface area contributed by atoms with Crippen LogP contribution in [-0.2, 0) is 35.6 Å². The van der Waals surface area contributed by atoms with Crippen molar-refractivity contribution >= 4 is 45.7 Å². The lowest BCUT2D eigenvalue weighted by molar-refractivity contribution is -0.141. The van der Waals surface area contributed by atoms with E-state index in [1.807, 2.05) is 66.9 Å². The number of hydrogen-bond acceptors (Lipinski definition) is 9. The van der Waals surface area contributed by atoms with Gasteiger partial charge in [-0.05, 0) is 47.2 Å². The number of carbonyl (C=O) groups is 4. The number of benzene rings is 4. The van der Waals surface area contributed by atoms with Crippen molar-refractivity contribution in [3.8, 4) is 17.0 Å². The summed E-state index contributed by atoms with van der Waals surface area (Å²) in [5.74, 6) is -0.403. The zero-order valence-electron chi connectivity index (χ0n) is 28.2. The number of imide groups is 1. The predicted molar refractivity (Wildman–Crippen MR) is 193 cm³/mol. The summed E-state index contributed by atoms with van der Waals surface area (Å²) in [7, 11) is 1.64. The number of thiazole rings is 1. The molecular formula is C39H33N7O5S. The third-order valence-corrected chi connectivity index (χ3v) is 10.4. The quantitative estimate of drug-likeness (QED) is 0.192. The highest BCUT2D eigenvalue weighted by Crippen LogP contribution is 2.34. The van der Waals surface area contributed by atoms with Crippen LogP contribution < -0.4 is 10.1 Å². The fourth-order valence-electron chi connectivity index (χ4n) is 6.98. The van der Waals surface area contributed by atoms with Crippen LogP contribution in [0.4, 0.5) is 0 Å². The van der Waals surface area contributed by atoms with Crippen LogP contribution in [0.5, 0.6) is 5.75 Å². The Hall–Kier alpha value is -6.21. The van der Waals surface area contributed by atoms with Crippen LogP contribution in [0.15, 0.2) is 96.5 Å². The highest BCUT2D eigenvalue weighted by molar-refractivity contribution is 7.09. The van der Waals surface area contributed by atoms with Gasteiger partial charge >= 0.3 is 0 Å². The molecule has 260 valence electrons. The second-order valence-electron chi connectivity index (χ2n) is 12.6. The molecule has 2 aliphatic rings. The Kier molecular flexibility index (Phi) is 8.77. The lowest BCUT2D eigenvalue weighted by Crippen LogP contribution is -2.47. The van der Waals surface area contributed by atoms with Gasteiger partial charge in [-0.3, -0.25) is 28.8 Å². The summed E-state index contributed by atoms with van der Waals surface area (Å²) in [6.45, 7) is 0.866. The van der Waals surface area contributed by atoms with Crippen LogP contribution in [0.25, 0.3) is 22.0 Å². The zero-order valence-corrected chi connectivity index (χ0v) is 29.0. The van der Waals surface area contributed by atoms with Gasteiger partial charge < -0.3 is 15.0 Å². The Labute approximate surface area is 302 Å². The van der Waals surface area contributed by atoms with Crippen molar-refractivity contribution in [1.29, 1.82) is 0 Å². The van der Waals surface area contributed by atoms with Crippen molar-refractivity contribution in [2.45, 2.75) is 38.5 Å². The largest absolute Gasteiger partial charge is 0.496 e. The first kappa shape index (κ1) is 33.0. The van der Waals surface area contributed by atoms with E-state index < -0.39 is 6.04 Å². The van der Waals surface area contributed by atoms with Crippen LogP contribution in [0.3, 0.4) is 0 Å². The van der Waals surface area contributed by atoms with E-state index in [0.29, 0.717) is 47.0 Å². The van der Waals surface area contributed by atoms with Gasteiger partial charge in [0, 0.05) is 29.3 Å². The summed E-state index contributed by atoms with van der Waals surface area (Å²) in [4.78, 5) is 60.7. The fraction of sp³-hybridized carbons (Fsp3) is 0.205. The molecule has 1 unspecified atom stereocenters. The molecule has 8 rings (SSSR count). The van der Waals surface area contributed by atoms with Gasteiger partial charge in [-0.15, -0.1) is 16.4 Å². The molecule has 1 atom stereocenters. The van der Waals surface area contributed by atoms with E-state index in [4.69, 9.17) is 4.74 Å². The molecule has 0 saturated carbocycles. The van der Waals surface area contributed by atoms with Gasteiger partial charge in [0.1, 0.15) is 22.5 Å². The Balaban J connectivity index is 0.935. The standard InChI is InChI=1S/C39H33N7O5S/c1-51-33-15-14-28(27-10-4-5-11-29(27)33)32-22-44(43-42-32)18-17-35(47)45-19-16-24-8-2-3-9-26(24)36(45)37(48)40-20-34-41-25(23-52-34)21-46-38(49)30-12-6-7-13-31(30)39(46)50/h2-15,22-23,36H,16-21H2,1H3,(H,40,48). The molecule has 6 aromatic rings. The average molecular weight is 712 g/mol. The van der Waals surface area contributed by atoms with Crippen molar-refractivity contribution in [3.05, 3.63) is 129 Å². The number of hydrogen-bond donors (Lipinski definition) is 1.